The average molecular weight is 434 g/mol. The highest BCUT2D eigenvalue weighted by Crippen LogP contribution is 2.41. The van der Waals surface area contributed by atoms with E-state index in [1.807, 2.05) is 41.3 Å². The second-order valence-electron chi connectivity index (χ2n) is 7.56. The van der Waals surface area contributed by atoms with E-state index in [1.54, 1.807) is 52.7 Å². The summed E-state index contributed by atoms with van der Waals surface area (Å²) >= 11 is 0. The fourth-order valence-corrected chi connectivity index (χ4v) is 4.21. The van der Waals surface area contributed by atoms with Gasteiger partial charge in [0.15, 0.2) is 11.5 Å². The summed E-state index contributed by atoms with van der Waals surface area (Å²) in [7, 11) is 6.50. The first-order valence-electron chi connectivity index (χ1n) is 10.4. The second kappa shape index (κ2) is 9.22. The van der Waals surface area contributed by atoms with Crippen molar-refractivity contribution in [2.24, 2.45) is 0 Å². The molecule has 0 spiro atoms. The molecule has 1 amide bonds. The number of rotatable bonds is 6. The molecular formula is C26H27NO5. The number of benzene rings is 3. The van der Waals surface area contributed by atoms with Crippen LogP contribution in [0.15, 0.2) is 60.7 Å². The number of fused-ring (bicyclic) bond motifs is 1. The zero-order valence-corrected chi connectivity index (χ0v) is 18.8. The van der Waals surface area contributed by atoms with E-state index < -0.39 is 0 Å². The van der Waals surface area contributed by atoms with E-state index in [4.69, 9.17) is 18.9 Å². The summed E-state index contributed by atoms with van der Waals surface area (Å²) in [5.41, 5.74) is 3.79. The molecule has 0 unspecified atom stereocenters. The van der Waals surface area contributed by atoms with Crippen molar-refractivity contribution in [2.45, 2.75) is 12.5 Å². The molecule has 0 aromatic heterocycles. The van der Waals surface area contributed by atoms with Crippen LogP contribution in [0.4, 0.5) is 0 Å². The summed E-state index contributed by atoms with van der Waals surface area (Å²) in [6.07, 6.45) is 0.726. The van der Waals surface area contributed by atoms with Crippen molar-refractivity contribution in [3.63, 3.8) is 0 Å². The summed E-state index contributed by atoms with van der Waals surface area (Å²) in [6, 6.07) is 18.8. The summed E-state index contributed by atoms with van der Waals surface area (Å²) < 4.78 is 21.6. The molecule has 0 fully saturated rings. The molecular weight excluding hydrogens is 406 g/mol. The smallest absolute Gasteiger partial charge is 0.254 e. The van der Waals surface area contributed by atoms with Crippen molar-refractivity contribution in [1.29, 1.82) is 0 Å². The van der Waals surface area contributed by atoms with Crippen LogP contribution in [-0.2, 0) is 6.42 Å². The lowest BCUT2D eigenvalue weighted by atomic mass is 9.87. The molecule has 166 valence electrons. The van der Waals surface area contributed by atoms with Crippen molar-refractivity contribution in [1.82, 2.24) is 4.90 Å². The highest BCUT2D eigenvalue weighted by Gasteiger charge is 2.34. The third-order valence-corrected chi connectivity index (χ3v) is 5.90. The fourth-order valence-electron chi connectivity index (χ4n) is 4.21. The van der Waals surface area contributed by atoms with E-state index in [1.165, 1.54) is 0 Å². The van der Waals surface area contributed by atoms with E-state index >= 15 is 0 Å². The van der Waals surface area contributed by atoms with Gasteiger partial charge in [0.1, 0.15) is 11.5 Å². The summed E-state index contributed by atoms with van der Waals surface area (Å²) in [5.74, 6) is 2.78. The molecule has 0 N–H and O–H groups in total. The van der Waals surface area contributed by atoms with Crippen LogP contribution in [0.2, 0.25) is 0 Å². The minimum absolute atomic E-state index is 0.0334. The molecule has 3 aromatic carbocycles. The van der Waals surface area contributed by atoms with Crippen LogP contribution in [0, 0.1) is 0 Å². The van der Waals surface area contributed by atoms with Gasteiger partial charge in [0, 0.05) is 12.1 Å². The number of amides is 1. The zero-order valence-electron chi connectivity index (χ0n) is 18.8. The van der Waals surface area contributed by atoms with E-state index in [0.29, 0.717) is 29.4 Å². The molecule has 6 heteroatoms. The maximum Gasteiger partial charge on any atom is 0.254 e. The monoisotopic (exact) mass is 433 g/mol. The van der Waals surface area contributed by atoms with Gasteiger partial charge in [-0.25, -0.2) is 0 Å². The minimum atomic E-state index is -0.265. The first-order chi connectivity index (χ1) is 15.6. The standard InChI is InChI=1S/C26H27NO5/c1-29-20-9-5-17(6-10-20)25-22-16-24(32-4)23(31-3)15-19(22)13-14-27(25)26(28)18-7-11-21(30-2)12-8-18/h5-12,15-16,25H,13-14H2,1-4H3/t25-/m1/s1. The zero-order chi connectivity index (χ0) is 22.7. The molecule has 0 bridgehead atoms. The summed E-state index contributed by atoms with van der Waals surface area (Å²) in [5, 5.41) is 0. The SMILES string of the molecule is COc1ccc(C(=O)N2CCc3cc(OC)c(OC)cc3[C@H]2c2ccc(OC)cc2)cc1. The van der Waals surface area contributed by atoms with Crippen LogP contribution in [0.5, 0.6) is 23.0 Å². The first kappa shape index (κ1) is 21.6. The maximum atomic E-state index is 13.6. The Morgan fingerprint density at radius 2 is 1.34 bits per heavy atom. The molecule has 0 aliphatic carbocycles. The fraction of sp³-hybridized carbons (Fsp3) is 0.269. The summed E-state index contributed by atoms with van der Waals surface area (Å²) in [6.45, 7) is 0.587. The highest BCUT2D eigenvalue weighted by molar-refractivity contribution is 5.95. The number of hydrogen-bond donors (Lipinski definition) is 0. The van der Waals surface area contributed by atoms with Gasteiger partial charge in [-0.1, -0.05) is 12.1 Å². The average Bonchev–Trinajstić information content (AvgIpc) is 2.86. The lowest BCUT2D eigenvalue weighted by Crippen LogP contribution is -2.40. The van der Waals surface area contributed by atoms with Crippen LogP contribution in [0.25, 0.3) is 0 Å². The second-order valence-corrected chi connectivity index (χ2v) is 7.56. The lowest BCUT2D eigenvalue weighted by Gasteiger charge is -2.38. The lowest BCUT2D eigenvalue weighted by molar-refractivity contribution is 0.0694. The summed E-state index contributed by atoms with van der Waals surface area (Å²) in [4.78, 5) is 15.5. The van der Waals surface area contributed by atoms with Gasteiger partial charge in [-0.15, -0.1) is 0 Å². The molecule has 6 nitrogen and oxygen atoms in total. The Labute approximate surface area is 188 Å². The van der Waals surface area contributed by atoms with Gasteiger partial charge in [-0.3, -0.25) is 4.79 Å². The molecule has 0 radical (unpaired) electrons. The molecule has 3 aromatic rings. The Balaban J connectivity index is 1.81. The van der Waals surface area contributed by atoms with Crippen LogP contribution >= 0.6 is 0 Å². The maximum absolute atomic E-state index is 13.6. The van der Waals surface area contributed by atoms with Crippen molar-refractivity contribution >= 4 is 5.91 Å². The van der Waals surface area contributed by atoms with Gasteiger partial charge in [-0.05, 0) is 71.6 Å². The Kier molecular flexibility index (Phi) is 6.21. The molecule has 1 heterocycles. The van der Waals surface area contributed by atoms with Gasteiger partial charge in [0.25, 0.3) is 5.91 Å². The Morgan fingerprint density at radius 1 is 0.781 bits per heavy atom. The highest BCUT2D eigenvalue weighted by atomic mass is 16.5. The third kappa shape index (κ3) is 3.96. The van der Waals surface area contributed by atoms with Crippen LogP contribution in [0.1, 0.15) is 33.1 Å². The van der Waals surface area contributed by atoms with E-state index in [-0.39, 0.29) is 11.9 Å². The first-order valence-corrected chi connectivity index (χ1v) is 10.4. The van der Waals surface area contributed by atoms with E-state index in [0.717, 1.165) is 28.9 Å². The quantitative estimate of drug-likeness (QED) is 0.573. The Bertz CT molecular complexity index is 1090. The molecule has 32 heavy (non-hydrogen) atoms. The number of nitrogens with zero attached hydrogens (tertiary/aromatic N) is 1. The number of methoxy groups -OCH3 is 4. The van der Waals surface area contributed by atoms with Gasteiger partial charge >= 0.3 is 0 Å². The van der Waals surface area contributed by atoms with Crippen molar-refractivity contribution in [2.75, 3.05) is 35.0 Å². The van der Waals surface area contributed by atoms with Crippen molar-refractivity contribution in [3.05, 3.63) is 82.9 Å². The van der Waals surface area contributed by atoms with Crippen molar-refractivity contribution in [3.8, 4) is 23.0 Å². The molecule has 1 atom stereocenters. The molecule has 0 saturated heterocycles. The predicted octanol–water partition coefficient (Wildman–Crippen LogP) is 4.51. The molecule has 1 aliphatic rings. The Morgan fingerprint density at radius 3 is 1.91 bits per heavy atom. The van der Waals surface area contributed by atoms with Gasteiger partial charge in [-0.2, -0.15) is 0 Å². The van der Waals surface area contributed by atoms with Crippen LogP contribution < -0.4 is 18.9 Å². The number of carbonyl (C=O) groups is 1. The van der Waals surface area contributed by atoms with Gasteiger partial charge in [0.2, 0.25) is 0 Å². The van der Waals surface area contributed by atoms with Crippen LogP contribution in [-0.4, -0.2) is 45.8 Å². The number of ether oxygens (including phenoxy) is 4. The molecule has 0 saturated carbocycles. The molecule has 4 rings (SSSR count). The van der Waals surface area contributed by atoms with E-state index in [2.05, 4.69) is 0 Å². The normalized spacial score (nSPS) is 15.0. The topological polar surface area (TPSA) is 57.2 Å². The third-order valence-electron chi connectivity index (χ3n) is 5.90. The minimum Gasteiger partial charge on any atom is -0.497 e. The number of hydrogen-bond acceptors (Lipinski definition) is 5. The van der Waals surface area contributed by atoms with Crippen molar-refractivity contribution < 1.29 is 23.7 Å². The number of carbonyl (C=O) groups excluding carboxylic acids is 1. The molecule has 1 aliphatic heterocycles. The Hall–Kier alpha value is -3.67. The van der Waals surface area contributed by atoms with E-state index in [9.17, 15) is 4.79 Å². The predicted molar refractivity (Wildman–Crippen MR) is 122 cm³/mol. The largest absolute Gasteiger partial charge is 0.497 e. The van der Waals surface area contributed by atoms with Crippen LogP contribution in [0.3, 0.4) is 0 Å². The van der Waals surface area contributed by atoms with Gasteiger partial charge in [0.05, 0.1) is 34.5 Å². The van der Waals surface area contributed by atoms with Gasteiger partial charge < -0.3 is 23.8 Å².